The van der Waals surface area contributed by atoms with E-state index in [1.54, 1.807) is 0 Å². The van der Waals surface area contributed by atoms with Crippen LogP contribution < -0.4 is 0 Å². The highest BCUT2D eigenvalue weighted by atomic mass is 79.9. The molecule has 0 radical (unpaired) electrons. The minimum atomic E-state index is 1.81. The summed E-state index contributed by atoms with van der Waals surface area (Å²) in [6.07, 6.45) is 3.83. The standard InChI is InChI=1S/C4H4BrN/c5-6-3-1-2-4-6/h1-4H. The lowest BCUT2D eigenvalue weighted by atomic mass is 10.7. The summed E-state index contributed by atoms with van der Waals surface area (Å²) in [6, 6.07) is 3.91. The van der Waals surface area contributed by atoms with Crippen molar-refractivity contribution in [1.29, 1.82) is 0 Å². The second-order valence-electron chi connectivity index (χ2n) is 1.03. The van der Waals surface area contributed by atoms with E-state index in [1.807, 2.05) is 28.1 Å². The van der Waals surface area contributed by atoms with E-state index in [4.69, 9.17) is 0 Å². The van der Waals surface area contributed by atoms with Gasteiger partial charge in [0.05, 0.1) is 16.1 Å². The lowest BCUT2D eigenvalue weighted by Crippen LogP contribution is -1.61. The first kappa shape index (κ1) is 3.93. The van der Waals surface area contributed by atoms with Crippen LogP contribution in [0.15, 0.2) is 24.5 Å². The van der Waals surface area contributed by atoms with Gasteiger partial charge in [0.15, 0.2) is 0 Å². The molecule has 0 aliphatic heterocycles. The van der Waals surface area contributed by atoms with Gasteiger partial charge in [-0.05, 0) is 12.1 Å². The van der Waals surface area contributed by atoms with E-state index in [-0.39, 0.29) is 0 Å². The Morgan fingerprint density at radius 2 is 1.67 bits per heavy atom. The molecule has 0 bridgehead atoms. The highest BCUT2D eigenvalue weighted by Gasteiger charge is 1.70. The number of hydrogen-bond donors (Lipinski definition) is 0. The molecule has 0 N–H and O–H groups in total. The van der Waals surface area contributed by atoms with E-state index in [0.29, 0.717) is 0 Å². The van der Waals surface area contributed by atoms with Gasteiger partial charge in [-0.1, -0.05) is 0 Å². The molecule has 0 spiro atoms. The van der Waals surface area contributed by atoms with Crippen molar-refractivity contribution >= 4 is 16.1 Å². The molecule has 0 aliphatic carbocycles. The first-order chi connectivity index (χ1) is 2.89. The molecule has 0 unspecified atom stereocenters. The molecule has 32 valence electrons. The van der Waals surface area contributed by atoms with Crippen molar-refractivity contribution in [3.05, 3.63) is 24.5 Å². The number of aromatic nitrogens is 1. The number of hydrogen-bond acceptors (Lipinski definition) is 0. The van der Waals surface area contributed by atoms with Crippen LogP contribution in [0.4, 0.5) is 0 Å². The van der Waals surface area contributed by atoms with Crippen molar-refractivity contribution in [3.63, 3.8) is 0 Å². The average Bonchev–Trinajstić information content (AvgIpc) is 1.86. The number of rotatable bonds is 0. The lowest BCUT2D eigenvalue weighted by molar-refractivity contribution is 1.33. The van der Waals surface area contributed by atoms with Crippen molar-refractivity contribution < 1.29 is 0 Å². The molecule has 0 amide bonds. The van der Waals surface area contributed by atoms with Crippen LogP contribution in [-0.2, 0) is 0 Å². The molecular formula is C4H4BrN. The summed E-state index contributed by atoms with van der Waals surface area (Å²) in [6.45, 7) is 0. The van der Waals surface area contributed by atoms with Crippen LogP contribution in [0.25, 0.3) is 0 Å². The normalized spacial score (nSPS) is 8.83. The maximum Gasteiger partial charge on any atom is 0.0539 e. The van der Waals surface area contributed by atoms with Crippen molar-refractivity contribution in [2.75, 3.05) is 0 Å². The SMILES string of the molecule is Brn1cccc1. The molecule has 0 aromatic carbocycles. The highest BCUT2D eigenvalue weighted by Crippen LogP contribution is 1.91. The van der Waals surface area contributed by atoms with Gasteiger partial charge in [-0.2, -0.15) is 0 Å². The monoisotopic (exact) mass is 145 g/mol. The summed E-state index contributed by atoms with van der Waals surface area (Å²) in [5.74, 6) is 0. The Balaban J connectivity index is 3.05. The zero-order valence-electron chi connectivity index (χ0n) is 3.13. The predicted molar refractivity (Wildman–Crippen MR) is 28.8 cm³/mol. The van der Waals surface area contributed by atoms with Crippen molar-refractivity contribution in [3.8, 4) is 0 Å². The third-order valence-electron chi connectivity index (χ3n) is 0.568. The molecule has 1 aromatic heterocycles. The minimum Gasteiger partial charge on any atom is -0.292 e. The van der Waals surface area contributed by atoms with Crippen molar-refractivity contribution in [1.82, 2.24) is 3.59 Å². The van der Waals surface area contributed by atoms with E-state index in [2.05, 4.69) is 16.1 Å². The Morgan fingerprint density at radius 1 is 1.17 bits per heavy atom. The smallest absolute Gasteiger partial charge is 0.0539 e. The third kappa shape index (κ3) is 0.627. The molecule has 1 aromatic rings. The molecule has 0 fully saturated rings. The molecule has 2 heteroatoms. The second-order valence-corrected chi connectivity index (χ2v) is 1.85. The van der Waals surface area contributed by atoms with E-state index in [9.17, 15) is 0 Å². The summed E-state index contributed by atoms with van der Waals surface area (Å²) in [4.78, 5) is 0. The lowest BCUT2D eigenvalue weighted by Gasteiger charge is -1.74. The number of nitrogens with zero attached hydrogens (tertiary/aromatic N) is 1. The summed E-state index contributed by atoms with van der Waals surface area (Å²) >= 11 is 3.20. The van der Waals surface area contributed by atoms with Crippen LogP contribution in [0.3, 0.4) is 0 Å². The second kappa shape index (κ2) is 1.47. The van der Waals surface area contributed by atoms with Gasteiger partial charge in [-0.15, -0.1) is 0 Å². The summed E-state index contributed by atoms with van der Waals surface area (Å²) in [5, 5.41) is 0. The Morgan fingerprint density at radius 3 is 1.83 bits per heavy atom. The van der Waals surface area contributed by atoms with Gasteiger partial charge >= 0.3 is 0 Å². The molecule has 6 heavy (non-hydrogen) atoms. The summed E-state index contributed by atoms with van der Waals surface area (Å²) in [5.41, 5.74) is 0. The van der Waals surface area contributed by atoms with E-state index in [1.165, 1.54) is 0 Å². The van der Waals surface area contributed by atoms with Gasteiger partial charge in [0.2, 0.25) is 0 Å². The number of halogens is 1. The van der Waals surface area contributed by atoms with Crippen LogP contribution in [0.2, 0.25) is 0 Å². The van der Waals surface area contributed by atoms with Gasteiger partial charge in [0.25, 0.3) is 0 Å². The fraction of sp³-hybridized carbons (Fsp3) is 0. The zero-order valence-corrected chi connectivity index (χ0v) is 4.72. The molecular weight excluding hydrogens is 142 g/mol. The van der Waals surface area contributed by atoms with Crippen molar-refractivity contribution in [2.24, 2.45) is 0 Å². The van der Waals surface area contributed by atoms with E-state index < -0.39 is 0 Å². The molecule has 0 atom stereocenters. The highest BCUT2D eigenvalue weighted by molar-refractivity contribution is 9.08. The molecule has 1 heterocycles. The van der Waals surface area contributed by atoms with Crippen molar-refractivity contribution in [2.45, 2.75) is 0 Å². The van der Waals surface area contributed by atoms with Gasteiger partial charge in [-0.25, -0.2) is 0 Å². The minimum absolute atomic E-state index is 1.81. The molecule has 0 aliphatic rings. The quantitative estimate of drug-likeness (QED) is 0.524. The van der Waals surface area contributed by atoms with Gasteiger partial charge in [-0.3, -0.25) is 3.59 Å². The summed E-state index contributed by atoms with van der Waals surface area (Å²) < 4.78 is 1.81. The fourth-order valence-corrected chi connectivity index (χ4v) is 0.587. The van der Waals surface area contributed by atoms with Crippen LogP contribution in [0, 0.1) is 0 Å². The average molecular weight is 146 g/mol. The van der Waals surface area contributed by atoms with Crippen LogP contribution in [-0.4, -0.2) is 3.59 Å². The van der Waals surface area contributed by atoms with Crippen LogP contribution in [0.1, 0.15) is 0 Å². The van der Waals surface area contributed by atoms with Gasteiger partial charge in [0.1, 0.15) is 0 Å². The molecule has 0 saturated carbocycles. The Labute approximate surface area is 44.9 Å². The van der Waals surface area contributed by atoms with Gasteiger partial charge in [0, 0.05) is 12.4 Å². The molecule has 1 nitrogen and oxygen atoms in total. The first-order valence-electron chi connectivity index (χ1n) is 1.69. The van der Waals surface area contributed by atoms with Crippen LogP contribution in [0.5, 0.6) is 0 Å². The maximum atomic E-state index is 3.20. The fourth-order valence-electron chi connectivity index (χ4n) is 0.314. The maximum absolute atomic E-state index is 3.20. The third-order valence-corrected chi connectivity index (χ3v) is 1.04. The topological polar surface area (TPSA) is 4.93 Å². The molecule has 1 rings (SSSR count). The first-order valence-corrected chi connectivity index (χ1v) is 2.39. The van der Waals surface area contributed by atoms with E-state index >= 15 is 0 Å². The van der Waals surface area contributed by atoms with E-state index in [0.717, 1.165) is 0 Å². The summed E-state index contributed by atoms with van der Waals surface area (Å²) in [7, 11) is 0. The predicted octanol–water partition coefficient (Wildman–Crippen LogP) is 1.65. The molecule has 0 saturated heterocycles. The van der Waals surface area contributed by atoms with Gasteiger partial charge < -0.3 is 0 Å². The zero-order chi connectivity index (χ0) is 4.41. The Hall–Kier alpha value is -0.240. The Kier molecular flexibility index (Phi) is 0.965. The largest absolute Gasteiger partial charge is 0.292 e. The van der Waals surface area contributed by atoms with Crippen LogP contribution >= 0.6 is 16.1 Å². The Bertz CT molecular complexity index is 111.